The van der Waals surface area contributed by atoms with E-state index in [-0.39, 0.29) is 12.5 Å². The SMILES string of the molecule is CC(=O)N1CCN(C(=O)OC(C)(C)C)C(C(O)C(N)Cc2ccccc2)C1. The highest BCUT2D eigenvalue weighted by Crippen LogP contribution is 2.20. The van der Waals surface area contributed by atoms with Crippen molar-refractivity contribution < 1.29 is 19.4 Å². The third kappa shape index (κ3) is 5.94. The summed E-state index contributed by atoms with van der Waals surface area (Å²) in [6.07, 6.45) is -1.01. The first kappa shape index (κ1) is 21.2. The minimum absolute atomic E-state index is 0.0901. The highest BCUT2D eigenvalue weighted by atomic mass is 16.6. The molecule has 2 amide bonds. The molecular formula is C20H31N3O4. The zero-order valence-corrected chi connectivity index (χ0v) is 16.6. The summed E-state index contributed by atoms with van der Waals surface area (Å²) in [4.78, 5) is 27.6. The number of nitrogens with two attached hydrogens (primary N) is 1. The lowest BCUT2D eigenvalue weighted by Crippen LogP contribution is -2.64. The van der Waals surface area contributed by atoms with Crippen LogP contribution in [0.2, 0.25) is 0 Å². The van der Waals surface area contributed by atoms with Gasteiger partial charge in [0, 0.05) is 32.6 Å². The number of aliphatic hydroxyl groups excluding tert-OH is 1. The summed E-state index contributed by atoms with van der Waals surface area (Å²) in [6.45, 7) is 7.81. The van der Waals surface area contributed by atoms with E-state index >= 15 is 0 Å². The van der Waals surface area contributed by atoms with E-state index in [1.54, 1.807) is 25.7 Å². The Kier molecular flexibility index (Phi) is 6.84. The zero-order chi connectivity index (χ0) is 20.2. The van der Waals surface area contributed by atoms with Crippen molar-refractivity contribution in [3.8, 4) is 0 Å². The second-order valence-corrected chi connectivity index (χ2v) is 8.05. The van der Waals surface area contributed by atoms with Gasteiger partial charge in [0.2, 0.25) is 5.91 Å². The van der Waals surface area contributed by atoms with Crippen molar-refractivity contribution >= 4 is 12.0 Å². The summed E-state index contributed by atoms with van der Waals surface area (Å²) in [5.41, 5.74) is 6.62. The first-order chi connectivity index (χ1) is 12.6. The van der Waals surface area contributed by atoms with Crippen LogP contribution >= 0.6 is 0 Å². The summed E-state index contributed by atoms with van der Waals surface area (Å²) < 4.78 is 5.48. The van der Waals surface area contributed by atoms with Gasteiger partial charge in [0.25, 0.3) is 0 Å². The number of nitrogens with zero attached hydrogens (tertiary/aromatic N) is 2. The highest BCUT2D eigenvalue weighted by molar-refractivity contribution is 5.74. The molecule has 7 heteroatoms. The number of ether oxygens (including phenoxy) is 1. The lowest BCUT2D eigenvalue weighted by molar-refractivity contribution is -0.133. The molecule has 2 rings (SSSR count). The van der Waals surface area contributed by atoms with Gasteiger partial charge in [-0.25, -0.2) is 4.79 Å². The molecule has 0 bridgehead atoms. The molecule has 1 fully saturated rings. The third-order valence-electron chi connectivity index (χ3n) is 4.64. The standard InChI is InChI=1S/C20H31N3O4/c1-14(24)22-10-11-23(19(26)27-20(2,3)4)17(13-22)18(25)16(21)12-15-8-6-5-7-9-15/h5-9,16-18,25H,10-13,21H2,1-4H3. The van der Waals surface area contributed by atoms with E-state index in [0.29, 0.717) is 19.5 Å². The fraction of sp³-hybridized carbons (Fsp3) is 0.600. The van der Waals surface area contributed by atoms with Crippen LogP contribution in [-0.2, 0) is 16.0 Å². The predicted octanol–water partition coefficient (Wildman–Crippen LogP) is 1.39. The third-order valence-corrected chi connectivity index (χ3v) is 4.64. The molecule has 1 aliphatic rings. The van der Waals surface area contributed by atoms with E-state index in [0.717, 1.165) is 5.56 Å². The molecule has 27 heavy (non-hydrogen) atoms. The summed E-state index contributed by atoms with van der Waals surface area (Å²) in [7, 11) is 0. The molecule has 0 aliphatic carbocycles. The van der Waals surface area contributed by atoms with Gasteiger partial charge in [0.15, 0.2) is 0 Å². The molecule has 1 saturated heterocycles. The Morgan fingerprint density at radius 3 is 2.44 bits per heavy atom. The average molecular weight is 377 g/mol. The van der Waals surface area contributed by atoms with Crippen LogP contribution in [0, 0.1) is 0 Å². The quantitative estimate of drug-likeness (QED) is 0.826. The van der Waals surface area contributed by atoms with Crippen LogP contribution in [0.4, 0.5) is 4.79 Å². The Balaban J connectivity index is 2.16. The van der Waals surface area contributed by atoms with Gasteiger partial charge in [-0.1, -0.05) is 30.3 Å². The first-order valence-corrected chi connectivity index (χ1v) is 9.31. The average Bonchev–Trinajstić information content (AvgIpc) is 2.59. The molecule has 3 N–H and O–H groups in total. The smallest absolute Gasteiger partial charge is 0.410 e. The van der Waals surface area contributed by atoms with Crippen LogP contribution in [-0.4, -0.2) is 70.3 Å². The van der Waals surface area contributed by atoms with Crippen LogP contribution in [0.25, 0.3) is 0 Å². The number of aliphatic hydroxyl groups is 1. The summed E-state index contributed by atoms with van der Waals surface area (Å²) in [5.74, 6) is -0.0901. The molecule has 1 aromatic carbocycles. The number of piperazine rings is 1. The van der Waals surface area contributed by atoms with Gasteiger partial charge in [0.1, 0.15) is 5.60 Å². The van der Waals surface area contributed by atoms with Gasteiger partial charge < -0.3 is 20.5 Å². The summed E-state index contributed by atoms with van der Waals surface area (Å²) in [5, 5.41) is 10.9. The fourth-order valence-corrected chi connectivity index (χ4v) is 3.23. The molecule has 150 valence electrons. The second-order valence-electron chi connectivity index (χ2n) is 8.05. The first-order valence-electron chi connectivity index (χ1n) is 9.31. The maximum atomic E-state index is 12.6. The van der Waals surface area contributed by atoms with Crippen molar-refractivity contribution in [2.45, 2.75) is 57.9 Å². The molecule has 1 heterocycles. The lowest BCUT2D eigenvalue weighted by Gasteiger charge is -2.44. The molecule has 0 aromatic heterocycles. The van der Waals surface area contributed by atoms with Crippen LogP contribution in [0.1, 0.15) is 33.3 Å². The van der Waals surface area contributed by atoms with Gasteiger partial charge in [0.05, 0.1) is 12.1 Å². The van der Waals surface area contributed by atoms with Crippen molar-refractivity contribution in [3.63, 3.8) is 0 Å². The minimum atomic E-state index is -0.986. The molecular weight excluding hydrogens is 346 g/mol. The monoisotopic (exact) mass is 377 g/mol. The van der Waals surface area contributed by atoms with E-state index in [9.17, 15) is 14.7 Å². The molecule has 7 nitrogen and oxygen atoms in total. The molecule has 1 aromatic rings. The van der Waals surface area contributed by atoms with Gasteiger partial charge >= 0.3 is 6.09 Å². The Labute approximate surface area is 161 Å². The normalized spacial score (nSPS) is 20.1. The highest BCUT2D eigenvalue weighted by Gasteiger charge is 2.40. The number of hydrogen-bond donors (Lipinski definition) is 2. The fourth-order valence-electron chi connectivity index (χ4n) is 3.23. The van der Waals surface area contributed by atoms with E-state index in [1.165, 1.54) is 11.8 Å². The largest absolute Gasteiger partial charge is 0.444 e. The molecule has 1 aliphatic heterocycles. The van der Waals surface area contributed by atoms with Crippen LogP contribution in [0.3, 0.4) is 0 Å². The predicted molar refractivity (Wildman–Crippen MR) is 103 cm³/mol. The molecule has 0 spiro atoms. The van der Waals surface area contributed by atoms with Gasteiger partial charge in [-0.2, -0.15) is 0 Å². The Morgan fingerprint density at radius 1 is 1.26 bits per heavy atom. The number of amides is 2. The lowest BCUT2D eigenvalue weighted by atomic mass is 9.95. The van der Waals surface area contributed by atoms with Crippen LogP contribution < -0.4 is 5.73 Å². The number of carbonyl (C=O) groups is 2. The molecule has 3 atom stereocenters. The number of benzene rings is 1. The summed E-state index contributed by atoms with van der Waals surface area (Å²) in [6, 6.07) is 8.45. The minimum Gasteiger partial charge on any atom is -0.444 e. The Morgan fingerprint density at radius 2 is 1.89 bits per heavy atom. The van der Waals surface area contributed by atoms with Gasteiger partial charge in [-0.3, -0.25) is 9.69 Å². The zero-order valence-electron chi connectivity index (χ0n) is 16.6. The van der Waals surface area contributed by atoms with Crippen molar-refractivity contribution in [3.05, 3.63) is 35.9 Å². The Hall–Kier alpha value is -2.12. The van der Waals surface area contributed by atoms with Crippen molar-refractivity contribution in [2.24, 2.45) is 5.73 Å². The molecule has 0 saturated carbocycles. The maximum Gasteiger partial charge on any atom is 0.410 e. The topological polar surface area (TPSA) is 96.1 Å². The van der Waals surface area contributed by atoms with E-state index in [2.05, 4.69) is 0 Å². The Bertz CT molecular complexity index is 644. The summed E-state index contributed by atoms with van der Waals surface area (Å²) >= 11 is 0. The van der Waals surface area contributed by atoms with E-state index in [1.807, 2.05) is 30.3 Å². The van der Waals surface area contributed by atoms with E-state index < -0.39 is 29.9 Å². The number of hydrogen-bond acceptors (Lipinski definition) is 5. The molecule has 3 unspecified atom stereocenters. The van der Waals surface area contributed by atoms with Crippen molar-refractivity contribution in [2.75, 3.05) is 19.6 Å². The number of rotatable bonds is 4. The van der Waals surface area contributed by atoms with Crippen LogP contribution in [0.5, 0.6) is 0 Å². The van der Waals surface area contributed by atoms with Gasteiger partial charge in [-0.05, 0) is 32.8 Å². The van der Waals surface area contributed by atoms with Gasteiger partial charge in [-0.15, -0.1) is 0 Å². The second kappa shape index (κ2) is 8.71. The van der Waals surface area contributed by atoms with E-state index in [4.69, 9.17) is 10.5 Å². The van der Waals surface area contributed by atoms with Crippen molar-refractivity contribution in [1.29, 1.82) is 0 Å². The van der Waals surface area contributed by atoms with Crippen LogP contribution in [0.15, 0.2) is 30.3 Å². The van der Waals surface area contributed by atoms with Crippen molar-refractivity contribution in [1.82, 2.24) is 9.80 Å². The maximum absolute atomic E-state index is 12.6. The number of carbonyl (C=O) groups excluding carboxylic acids is 2. The molecule has 0 radical (unpaired) electrons.